The molecule has 2 fully saturated rings. The lowest BCUT2D eigenvalue weighted by atomic mass is 10.0. The van der Waals surface area contributed by atoms with E-state index in [0.29, 0.717) is 25.9 Å². The highest BCUT2D eigenvalue weighted by Crippen LogP contribution is 2.30. The van der Waals surface area contributed by atoms with Crippen LogP contribution in [0, 0.1) is 5.82 Å². The summed E-state index contributed by atoms with van der Waals surface area (Å²) in [6.07, 6.45) is 4.95. The van der Waals surface area contributed by atoms with Gasteiger partial charge in [0.25, 0.3) is 5.91 Å². The Labute approximate surface area is 196 Å². The highest BCUT2D eigenvalue weighted by atomic mass is 19.1. The number of benzene rings is 1. The highest BCUT2D eigenvalue weighted by Gasteiger charge is 2.45. The maximum absolute atomic E-state index is 13.5. The zero-order valence-corrected chi connectivity index (χ0v) is 18.9. The Kier molecular flexibility index (Phi) is 7.26. The number of carbonyl (C=O) groups is 4. The molecule has 9 nitrogen and oxygen atoms in total. The number of hydrogen-bond acceptors (Lipinski definition) is 6. The van der Waals surface area contributed by atoms with Gasteiger partial charge in [-0.1, -0.05) is 12.2 Å². The molecule has 3 aliphatic rings. The van der Waals surface area contributed by atoms with Crippen molar-refractivity contribution in [2.45, 2.75) is 69.5 Å². The van der Waals surface area contributed by atoms with Gasteiger partial charge in [-0.25, -0.2) is 4.39 Å². The topological polar surface area (TPSA) is 114 Å². The number of fused-ring (bicyclic) bond motifs is 1. The SMILES string of the molecule is CCOC1OC(=O)CC1NC(=O)[C@@H]1CC[C@H]2C/C=C\C[C@H](NC(=O)c3ccc(F)cc3)C(=O)N21. The Morgan fingerprint density at radius 2 is 1.85 bits per heavy atom. The van der Waals surface area contributed by atoms with Crippen LogP contribution in [0.1, 0.15) is 49.4 Å². The second-order valence-corrected chi connectivity index (χ2v) is 8.60. The lowest BCUT2D eigenvalue weighted by molar-refractivity contribution is -0.164. The van der Waals surface area contributed by atoms with Gasteiger partial charge in [-0.2, -0.15) is 0 Å². The molecular formula is C24H28FN3O6. The molecule has 1 aromatic carbocycles. The van der Waals surface area contributed by atoms with Crippen molar-refractivity contribution in [3.05, 3.63) is 47.8 Å². The molecule has 5 atom stereocenters. The van der Waals surface area contributed by atoms with Crippen molar-refractivity contribution in [1.29, 1.82) is 0 Å². The largest absolute Gasteiger partial charge is 0.433 e. The summed E-state index contributed by atoms with van der Waals surface area (Å²) in [5.74, 6) is -2.13. The van der Waals surface area contributed by atoms with E-state index >= 15 is 0 Å². The number of cyclic esters (lactones) is 1. The number of halogens is 1. The van der Waals surface area contributed by atoms with Gasteiger partial charge in [0, 0.05) is 18.2 Å². The molecule has 4 rings (SSSR count). The fourth-order valence-electron chi connectivity index (χ4n) is 4.68. The van der Waals surface area contributed by atoms with Crippen LogP contribution in [-0.4, -0.2) is 65.7 Å². The summed E-state index contributed by atoms with van der Waals surface area (Å²) in [5.41, 5.74) is 0.236. The van der Waals surface area contributed by atoms with Crippen molar-refractivity contribution < 1.29 is 33.0 Å². The molecule has 0 saturated carbocycles. The molecule has 0 aliphatic carbocycles. The van der Waals surface area contributed by atoms with Crippen molar-refractivity contribution in [2.24, 2.45) is 0 Å². The molecule has 3 heterocycles. The molecule has 34 heavy (non-hydrogen) atoms. The second-order valence-electron chi connectivity index (χ2n) is 8.60. The maximum atomic E-state index is 13.5. The van der Waals surface area contributed by atoms with Crippen LogP contribution in [0.5, 0.6) is 0 Å². The number of rotatable bonds is 6. The fourth-order valence-corrected chi connectivity index (χ4v) is 4.68. The van der Waals surface area contributed by atoms with Gasteiger partial charge in [0.2, 0.25) is 18.1 Å². The quantitative estimate of drug-likeness (QED) is 0.477. The Balaban J connectivity index is 1.48. The minimum absolute atomic E-state index is 0.000405. The summed E-state index contributed by atoms with van der Waals surface area (Å²) in [6.45, 7) is 2.08. The third-order valence-corrected chi connectivity index (χ3v) is 6.34. The van der Waals surface area contributed by atoms with E-state index in [1.807, 2.05) is 12.2 Å². The minimum atomic E-state index is -0.863. The molecule has 3 aliphatic heterocycles. The van der Waals surface area contributed by atoms with Crippen LogP contribution in [0.2, 0.25) is 0 Å². The third-order valence-electron chi connectivity index (χ3n) is 6.34. The molecule has 0 bridgehead atoms. The third kappa shape index (κ3) is 5.11. The summed E-state index contributed by atoms with van der Waals surface area (Å²) in [4.78, 5) is 52.6. The van der Waals surface area contributed by atoms with E-state index in [1.165, 1.54) is 24.3 Å². The lowest BCUT2D eigenvalue weighted by Crippen LogP contribution is -2.57. The first-order valence-electron chi connectivity index (χ1n) is 11.5. The molecule has 2 N–H and O–H groups in total. The fraction of sp³-hybridized carbons (Fsp3) is 0.500. The van der Waals surface area contributed by atoms with Gasteiger partial charge in [0.1, 0.15) is 23.9 Å². The number of amides is 3. The van der Waals surface area contributed by atoms with Crippen molar-refractivity contribution in [2.75, 3.05) is 6.61 Å². The smallest absolute Gasteiger partial charge is 0.310 e. The first-order chi connectivity index (χ1) is 16.4. The predicted molar refractivity (Wildman–Crippen MR) is 118 cm³/mol. The molecule has 182 valence electrons. The molecular weight excluding hydrogens is 445 g/mol. The molecule has 0 radical (unpaired) electrons. The summed E-state index contributed by atoms with van der Waals surface area (Å²) >= 11 is 0. The Morgan fingerprint density at radius 1 is 1.12 bits per heavy atom. The van der Waals surface area contributed by atoms with Gasteiger partial charge in [-0.3, -0.25) is 19.2 Å². The van der Waals surface area contributed by atoms with Crippen LogP contribution < -0.4 is 10.6 Å². The van der Waals surface area contributed by atoms with Gasteiger partial charge < -0.3 is 25.0 Å². The summed E-state index contributed by atoms with van der Waals surface area (Å²) in [5, 5.41) is 5.54. The first kappa shape index (κ1) is 23.9. The van der Waals surface area contributed by atoms with E-state index < -0.39 is 42.1 Å². The average molecular weight is 474 g/mol. The Morgan fingerprint density at radius 3 is 2.59 bits per heavy atom. The maximum Gasteiger partial charge on any atom is 0.310 e. The van der Waals surface area contributed by atoms with Crippen LogP contribution >= 0.6 is 0 Å². The van der Waals surface area contributed by atoms with Gasteiger partial charge in [-0.05, 0) is 56.9 Å². The van der Waals surface area contributed by atoms with Crippen molar-refractivity contribution in [3.63, 3.8) is 0 Å². The number of ether oxygens (including phenoxy) is 2. The van der Waals surface area contributed by atoms with Crippen molar-refractivity contribution in [1.82, 2.24) is 15.5 Å². The number of hydrogen-bond donors (Lipinski definition) is 2. The molecule has 0 spiro atoms. The van der Waals surface area contributed by atoms with E-state index in [-0.39, 0.29) is 36.3 Å². The normalized spacial score (nSPS) is 29.6. The van der Waals surface area contributed by atoms with E-state index in [2.05, 4.69) is 10.6 Å². The highest BCUT2D eigenvalue weighted by molar-refractivity contribution is 5.98. The first-order valence-corrected chi connectivity index (χ1v) is 11.5. The molecule has 3 amide bonds. The van der Waals surface area contributed by atoms with Gasteiger partial charge >= 0.3 is 5.97 Å². The number of nitrogens with zero attached hydrogens (tertiary/aromatic N) is 1. The predicted octanol–water partition coefficient (Wildman–Crippen LogP) is 1.43. The molecule has 2 unspecified atom stereocenters. The van der Waals surface area contributed by atoms with Gasteiger partial charge in [-0.15, -0.1) is 0 Å². The monoisotopic (exact) mass is 473 g/mol. The zero-order chi connectivity index (χ0) is 24.2. The van der Waals surface area contributed by atoms with Gasteiger partial charge in [0.05, 0.1) is 6.42 Å². The lowest BCUT2D eigenvalue weighted by Gasteiger charge is -2.34. The molecule has 1 aromatic rings. The Hall–Kier alpha value is -3.27. The van der Waals surface area contributed by atoms with Crippen LogP contribution in [0.25, 0.3) is 0 Å². The standard InChI is InChI=1S/C24H28FN3O6/c1-2-33-24-18(13-20(29)34-24)27-22(31)19-12-11-16-5-3-4-6-17(23(32)28(16)19)26-21(30)14-7-9-15(25)10-8-14/h3-4,7-10,16-19,24H,2,5-6,11-13H2,1H3,(H,26,30)(H,27,31)/b4-3-/t16-,17+,18?,19+,24?/m1/s1. The van der Waals surface area contributed by atoms with Crippen LogP contribution in [0.15, 0.2) is 36.4 Å². The molecule has 0 aromatic heterocycles. The number of nitrogens with one attached hydrogen (secondary N) is 2. The van der Waals surface area contributed by atoms with Crippen molar-refractivity contribution >= 4 is 23.7 Å². The zero-order valence-electron chi connectivity index (χ0n) is 18.9. The van der Waals surface area contributed by atoms with Crippen LogP contribution in [-0.2, 0) is 23.9 Å². The van der Waals surface area contributed by atoms with Crippen LogP contribution in [0.3, 0.4) is 0 Å². The van der Waals surface area contributed by atoms with Gasteiger partial charge in [0.15, 0.2) is 0 Å². The van der Waals surface area contributed by atoms with E-state index in [1.54, 1.807) is 11.8 Å². The van der Waals surface area contributed by atoms with Crippen LogP contribution in [0.4, 0.5) is 4.39 Å². The van der Waals surface area contributed by atoms with Crippen molar-refractivity contribution in [3.8, 4) is 0 Å². The minimum Gasteiger partial charge on any atom is -0.433 e. The molecule has 10 heteroatoms. The van der Waals surface area contributed by atoms with E-state index in [9.17, 15) is 23.6 Å². The number of carbonyl (C=O) groups excluding carboxylic acids is 4. The Bertz CT molecular complexity index is 981. The summed E-state index contributed by atoms with van der Waals surface area (Å²) < 4.78 is 23.7. The summed E-state index contributed by atoms with van der Waals surface area (Å²) in [7, 11) is 0. The summed E-state index contributed by atoms with van der Waals surface area (Å²) in [6, 6.07) is 2.67. The number of esters is 1. The van der Waals surface area contributed by atoms with E-state index in [4.69, 9.17) is 9.47 Å². The average Bonchev–Trinajstić information content (AvgIpc) is 3.37. The second kappa shape index (κ2) is 10.3. The molecule has 2 saturated heterocycles. The van der Waals surface area contributed by atoms with E-state index in [0.717, 1.165) is 0 Å².